The highest BCUT2D eigenvalue weighted by Crippen LogP contribution is 2.04. The molecule has 0 amide bonds. The predicted molar refractivity (Wildman–Crippen MR) is 73.6 cm³/mol. The average Bonchev–Trinajstić information content (AvgIpc) is 2.30. The van der Waals surface area contributed by atoms with Gasteiger partial charge in [0.1, 0.15) is 0 Å². The van der Waals surface area contributed by atoms with Crippen molar-refractivity contribution in [2.24, 2.45) is 5.73 Å². The molecule has 0 aromatic heterocycles. The molecule has 1 aromatic rings. The summed E-state index contributed by atoms with van der Waals surface area (Å²) in [6, 6.07) is 9.91. The number of nitrogens with two attached hydrogens (primary N) is 1. The maximum atomic E-state index is 5.41. The van der Waals surface area contributed by atoms with Crippen molar-refractivity contribution < 1.29 is 0 Å². The topological polar surface area (TPSA) is 50.1 Å². The van der Waals surface area contributed by atoms with Gasteiger partial charge < -0.3 is 16.4 Å². The largest absolute Gasteiger partial charge is 0.362 e. The van der Waals surface area contributed by atoms with E-state index in [4.69, 9.17) is 18.0 Å². The van der Waals surface area contributed by atoms with E-state index in [1.807, 2.05) is 30.3 Å². The molecule has 0 aliphatic carbocycles. The molecule has 0 saturated carbocycles. The number of nitrogens with one attached hydrogen (secondary N) is 2. The zero-order valence-corrected chi connectivity index (χ0v) is 10.2. The van der Waals surface area contributed by atoms with Crippen LogP contribution in [0.15, 0.2) is 30.3 Å². The summed E-state index contributed by atoms with van der Waals surface area (Å²) in [5.41, 5.74) is 6.43. The average molecular weight is 237 g/mol. The molecule has 0 heterocycles. The molecule has 0 aliphatic heterocycles. The molecule has 0 fully saturated rings. The Labute approximate surface area is 102 Å². The molecular formula is C12H19N3S. The van der Waals surface area contributed by atoms with Gasteiger partial charge in [0.15, 0.2) is 5.11 Å². The van der Waals surface area contributed by atoms with E-state index in [1.165, 1.54) is 0 Å². The van der Waals surface area contributed by atoms with Crippen molar-refractivity contribution in [2.45, 2.75) is 19.3 Å². The highest BCUT2D eigenvalue weighted by Gasteiger charge is 1.95. The Balaban J connectivity index is 2.12. The number of hydrogen-bond donors (Lipinski definition) is 3. The first kappa shape index (κ1) is 12.9. The van der Waals surface area contributed by atoms with Crippen molar-refractivity contribution in [1.29, 1.82) is 0 Å². The standard InChI is InChI=1S/C12H19N3S/c13-9-5-2-6-10-14-12(16)15-11-7-3-1-4-8-11/h1,3-4,7-8H,2,5-6,9-10,13H2,(H2,14,15,16). The lowest BCUT2D eigenvalue weighted by Gasteiger charge is -2.09. The van der Waals surface area contributed by atoms with Gasteiger partial charge in [0, 0.05) is 12.2 Å². The molecule has 88 valence electrons. The first-order valence-electron chi connectivity index (χ1n) is 5.63. The third kappa shape index (κ3) is 5.68. The summed E-state index contributed by atoms with van der Waals surface area (Å²) in [5.74, 6) is 0. The van der Waals surface area contributed by atoms with Crippen molar-refractivity contribution in [3.05, 3.63) is 30.3 Å². The second kappa shape index (κ2) is 8.07. The van der Waals surface area contributed by atoms with Crippen LogP contribution in [-0.4, -0.2) is 18.2 Å². The first-order valence-corrected chi connectivity index (χ1v) is 6.03. The van der Waals surface area contributed by atoms with Gasteiger partial charge in [-0.1, -0.05) is 24.6 Å². The minimum atomic E-state index is 0.680. The second-order valence-electron chi connectivity index (χ2n) is 3.60. The van der Waals surface area contributed by atoms with Crippen LogP contribution >= 0.6 is 12.2 Å². The minimum absolute atomic E-state index is 0.680. The number of thiocarbonyl (C=S) groups is 1. The van der Waals surface area contributed by atoms with Crippen molar-refractivity contribution in [3.8, 4) is 0 Å². The van der Waals surface area contributed by atoms with E-state index >= 15 is 0 Å². The molecule has 0 radical (unpaired) electrons. The van der Waals surface area contributed by atoms with Crippen LogP contribution in [0.2, 0.25) is 0 Å². The van der Waals surface area contributed by atoms with Crippen LogP contribution in [-0.2, 0) is 0 Å². The number of para-hydroxylation sites is 1. The summed E-state index contributed by atoms with van der Waals surface area (Å²) in [7, 11) is 0. The summed E-state index contributed by atoms with van der Waals surface area (Å²) >= 11 is 5.17. The molecule has 16 heavy (non-hydrogen) atoms. The SMILES string of the molecule is NCCCCCNC(=S)Nc1ccccc1. The quantitative estimate of drug-likeness (QED) is 0.524. The van der Waals surface area contributed by atoms with Crippen LogP contribution in [0.5, 0.6) is 0 Å². The Bertz CT molecular complexity index is 300. The normalized spacial score (nSPS) is 9.81. The first-order chi connectivity index (χ1) is 7.83. The Morgan fingerprint density at radius 2 is 1.88 bits per heavy atom. The molecular weight excluding hydrogens is 218 g/mol. The molecule has 0 atom stereocenters. The number of unbranched alkanes of at least 4 members (excludes halogenated alkanes) is 2. The van der Waals surface area contributed by atoms with Gasteiger partial charge in [-0.25, -0.2) is 0 Å². The van der Waals surface area contributed by atoms with Gasteiger partial charge in [-0.15, -0.1) is 0 Å². The minimum Gasteiger partial charge on any atom is -0.362 e. The van der Waals surface area contributed by atoms with E-state index in [-0.39, 0.29) is 0 Å². The van der Waals surface area contributed by atoms with Gasteiger partial charge in [-0.3, -0.25) is 0 Å². The van der Waals surface area contributed by atoms with E-state index in [1.54, 1.807) is 0 Å². The molecule has 1 aromatic carbocycles. The van der Waals surface area contributed by atoms with Crippen LogP contribution in [0.25, 0.3) is 0 Å². The molecule has 0 spiro atoms. The van der Waals surface area contributed by atoms with Crippen molar-refractivity contribution in [2.75, 3.05) is 18.4 Å². The molecule has 4 N–H and O–H groups in total. The molecule has 0 bridgehead atoms. The summed E-state index contributed by atoms with van der Waals surface area (Å²) in [6.07, 6.45) is 3.34. The fourth-order valence-electron chi connectivity index (χ4n) is 1.34. The van der Waals surface area contributed by atoms with Crippen LogP contribution < -0.4 is 16.4 Å². The van der Waals surface area contributed by atoms with E-state index in [2.05, 4.69) is 10.6 Å². The molecule has 1 rings (SSSR count). The molecule has 0 saturated heterocycles. The van der Waals surface area contributed by atoms with Gasteiger partial charge in [0.2, 0.25) is 0 Å². The Hall–Kier alpha value is -1.13. The fourth-order valence-corrected chi connectivity index (χ4v) is 1.56. The number of anilines is 1. The number of benzene rings is 1. The lowest BCUT2D eigenvalue weighted by Crippen LogP contribution is -2.29. The summed E-state index contributed by atoms with van der Waals surface area (Å²) in [5, 5.41) is 6.98. The van der Waals surface area contributed by atoms with E-state index in [0.29, 0.717) is 5.11 Å². The molecule has 0 aliphatic rings. The maximum absolute atomic E-state index is 5.41. The van der Waals surface area contributed by atoms with Crippen molar-refractivity contribution in [1.82, 2.24) is 5.32 Å². The third-order valence-corrected chi connectivity index (χ3v) is 2.44. The van der Waals surface area contributed by atoms with Gasteiger partial charge in [-0.05, 0) is 43.7 Å². The van der Waals surface area contributed by atoms with Gasteiger partial charge in [0.05, 0.1) is 0 Å². The Morgan fingerprint density at radius 1 is 1.12 bits per heavy atom. The monoisotopic (exact) mass is 237 g/mol. The Kier molecular flexibility index (Phi) is 6.53. The summed E-state index contributed by atoms with van der Waals surface area (Å²) < 4.78 is 0. The summed E-state index contributed by atoms with van der Waals surface area (Å²) in [6.45, 7) is 1.67. The smallest absolute Gasteiger partial charge is 0.170 e. The zero-order valence-electron chi connectivity index (χ0n) is 9.41. The number of rotatable bonds is 6. The Morgan fingerprint density at radius 3 is 2.56 bits per heavy atom. The van der Waals surface area contributed by atoms with Crippen LogP contribution in [0, 0.1) is 0 Å². The van der Waals surface area contributed by atoms with Crippen molar-refractivity contribution in [3.63, 3.8) is 0 Å². The lowest BCUT2D eigenvalue weighted by atomic mass is 10.2. The zero-order chi connectivity index (χ0) is 11.6. The van der Waals surface area contributed by atoms with E-state index < -0.39 is 0 Å². The van der Waals surface area contributed by atoms with Gasteiger partial charge >= 0.3 is 0 Å². The molecule has 0 unspecified atom stereocenters. The number of hydrogen-bond acceptors (Lipinski definition) is 2. The van der Waals surface area contributed by atoms with Crippen LogP contribution in [0.4, 0.5) is 5.69 Å². The molecule has 3 nitrogen and oxygen atoms in total. The molecule has 4 heteroatoms. The predicted octanol–water partition coefficient (Wildman–Crippen LogP) is 2.10. The summed E-state index contributed by atoms with van der Waals surface area (Å²) in [4.78, 5) is 0. The van der Waals surface area contributed by atoms with E-state index in [9.17, 15) is 0 Å². The van der Waals surface area contributed by atoms with Crippen LogP contribution in [0.1, 0.15) is 19.3 Å². The van der Waals surface area contributed by atoms with Crippen LogP contribution in [0.3, 0.4) is 0 Å². The highest BCUT2D eigenvalue weighted by molar-refractivity contribution is 7.80. The van der Waals surface area contributed by atoms with Gasteiger partial charge in [0.25, 0.3) is 0 Å². The lowest BCUT2D eigenvalue weighted by molar-refractivity contribution is 0.672. The fraction of sp³-hybridized carbons (Fsp3) is 0.417. The highest BCUT2D eigenvalue weighted by atomic mass is 32.1. The second-order valence-corrected chi connectivity index (χ2v) is 4.00. The maximum Gasteiger partial charge on any atom is 0.170 e. The van der Waals surface area contributed by atoms with Gasteiger partial charge in [-0.2, -0.15) is 0 Å². The van der Waals surface area contributed by atoms with E-state index in [0.717, 1.165) is 38.0 Å². The van der Waals surface area contributed by atoms with Crippen molar-refractivity contribution >= 4 is 23.0 Å². The third-order valence-electron chi connectivity index (χ3n) is 2.20.